The van der Waals surface area contributed by atoms with Crippen molar-refractivity contribution >= 4 is 44.3 Å². The van der Waals surface area contributed by atoms with Gasteiger partial charge in [0.05, 0.1) is 0 Å². The standard InChI is InChI=1S/C26H22N2O2S/c1-16(2)18-9-7-17(8-10-18)13-20-15-27-26(31-20)28-25(29)19-11-12-24-22(14-19)21-5-3-4-6-23(21)30-24/h3-12,14-16H,13H2,1-2H3,(H,27,28,29). The zero-order valence-electron chi connectivity index (χ0n) is 17.4. The average Bonchev–Trinajstić information content (AvgIpc) is 3.37. The first-order valence-electron chi connectivity index (χ1n) is 10.3. The Labute approximate surface area is 184 Å². The zero-order chi connectivity index (χ0) is 21.4. The third kappa shape index (κ3) is 3.97. The molecule has 0 bridgehead atoms. The number of amides is 1. The Balaban J connectivity index is 1.31. The van der Waals surface area contributed by atoms with Crippen molar-refractivity contribution in [1.29, 1.82) is 0 Å². The summed E-state index contributed by atoms with van der Waals surface area (Å²) >= 11 is 1.51. The molecule has 2 heterocycles. The van der Waals surface area contributed by atoms with Gasteiger partial charge in [-0.3, -0.25) is 10.1 Å². The van der Waals surface area contributed by atoms with Gasteiger partial charge in [0, 0.05) is 33.8 Å². The molecule has 0 fully saturated rings. The highest BCUT2D eigenvalue weighted by Crippen LogP contribution is 2.29. The first-order chi connectivity index (χ1) is 15.1. The monoisotopic (exact) mass is 426 g/mol. The van der Waals surface area contributed by atoms with Gasteiger partial charge >= 0.3 is 0 Å². The van der Waals surface area contributed by atoms with E-state index < -0.39 is 0 Å². The summed E-state index contributed by atoms with van der Waals surface area (Å²) in [5, 5.41) is 5.48. The molecule has 0 radical (unpaired) electrons. The van der Waals surface area contributed by atoms with E-state index in [1.807, 2.05) is 42.6 Å². The fraction of sp³-hybridized carbons (Fsp3) is 0.154. The summed E-state index contributed by atoms with van der Waals surface area (Å²) in [6.07, 6.45) is 2.64. The number of rotatable bonds is 5. The number of hydrogen-bond donors (Lipinski definition) is 1. The van der Waals surface area contributed by atoms with Crippen molar-refractivity contribution in [3.05, 3.63) is 94.5 Å². The summed E-state index contributed by atoms with van der Waals surface area (Å²) in [6, 6.07) is 22.0. The lowest BCUT2D eigenvalue weighted by atomic mass is 10.0. The van der Waals surface area contributed by atoms with Gasteiger partial charge in [0.25, 0.3) is 5.91 Å². The second kappa shape index (κ2) is 8.00. The molecule has 4 nitrogen and oxygen atoms in total. The summed E-state index contributed by atoms with van der Waals surface area (Å²) in [5.74, 6) is 0.355. The molecule has 5 heteroatoms. The number of carbonyl (C=O) groups excluding carboxylic acids is 1. The molecule has 0 aliphatic heterocycles. The largest absolute Gasteiger partial charge is 0.456 e. The van der Waals surface area contributed by atoms with Crippen LogP contribution in [0.25, 0.3) is 21.9 Å². The van der Waals surface area contributed by atoms with Crippen molar-refractivity contribution in [2.24, 2.45) is 0 Å². The highest BCUT2D eigenvalue weighted by Gasteiger charge is 2.13. The highest BCUT2D eigenvalue weighted by atomic mass is 32.1. The second-order valence-corrected chi connectivity index (χ2v) is 9.08. The molecule has 1 amide bonds. The van der Waals surface area contributed by atoms with E-state index in [0.29, 0.717) is 16.6 Å². The summed E-state index contributed by atoms with van der Waals surface area (Å²) in [6.45, 7) is 4.39. The van der Waals surface area contributed by atoms with Gasteiger partial charge in [-0.15, -0.1) is 11.3 Å². The maximum atomic E-state index is 12.8. The second-order valence-electron chi connectivity index (χ2n) is 7.97. The molecule has 0 saturated carbocycles. The number of nitrogens with one attached hydrogen (secondary N) is 1. The van der Waals surface area contributed by atoms with Crippen molar-refractivity contribution < 1.29 is 9.21 Å². The van der Waals surface area contributed by atoms with Crippen LogP contribution in [0, 0.1) is 0 Å². The minimum atomic E-state index is -0.172. The van der Waals surface area contributed by atoms with Crippen molar-refractivity contribution in [2.45, 2.75) is 26.2 Å². The molecule has 0 spiro atoms. The Bertz CT molecular complexity index is 1380. The predicted molar refractivity (Wildman–Crippen MR) is 127 cm³/mol. The number of fused-ring (bicyclic) bond motifs is 3. The van der Waals surface area contributed by atoms with E-state index in [2.05, 4.69) is 48.4 Å². The number of hydrogen-bond acceptors (Lipinski definition) is 4. The van der Waals surface area contributed by atoms with Gasteiger partial charge in [0.1, 0.15) is 11.2 Å². The number of nitrogens with zero attached hydrogens (tertiary/aromatic N) is 1. The van der Waals surface area contributed by atoms with Gasteiger partial charge in [0.15, 0.2) is 5.13 Å². The van der Waals surface area contributed by atoms with Gasteiger partial charge < -0.3 is 4.42 Å². The van der Waals surface area contributed by atoms with Gasteiger partial charge in [-0.05, 0) is 41.3 Å². The first-order valence-corrected chi connectivity index (χ1v) is 11.1. The SMILES string of the molecule is CC(C)c1ccc(Cc2cnc(NC(=O)c3ccc4oc5ccccc5c4c3)s2)cc1. The van der Waals surface area contributed by atoms with Gasteiger partial charge in [-0.25, -0.2) is 4.98 Å². The Kier molecular flexibility index (Phi) is 5.04. The van der Waals surface area contributed by atoms with Crippen LogP contribution in [0.3, 0.4) is 0 Å². The summed E-state index contributed by atoms with van der Waals surface area (Å²) in [7, 11) is 0. The van der Waals surface area contributed by atoms with Gasteiger partial charge in [0.2, 0.25) is 0 Å². The molecule has 2 aromatic heterocycles. The quantitative estimate of drug-likeness (QED) is 0.329. The average molecular weight is 427 g/mol. The number of benzene rings is 3. The Hall–Kier alpha value is -3.44. The molecule has 0 aliphatic carbocycles. The van der Waals surface area contributed by atoms with Crippen LogP contribution in [0.1, 0.15) is 46.1 Å². The van der Waals surface area contributed by atoms with Crippen LogP contribution < -0.4 is 5.32 Å². The Morgan fingerprint density at radius 1 is 1.00 bits per heavy atom. The van der Waals surface area contributed by atoms with E-state index in [4.69, 9.17) is 4.42 Å². The molecule has 0 saturated heterocycles. The number of anilines is 1. The van der Waals surface area contributed by atoms with Crippen molar-refractivity contribution in [3.8, 4) is 0 Å². The number of thiazole rings is 1. The number of para-hydroxylation sites is 1. The molecule has 31 heavy (non-hydrogen) atoms. The molecule has 154 valence electrons. The van der Waals surface area contributed by atoms with Crippen LogP contribution >= 0.6 is 11.3 Å². The summed E-state index contributed by atoms with van der Waals surface area (Å²) in [4.78, 5) is 18.3. The molecular formula is C26H22N2O2S. The smallest absolute Gasteiger partial charge is 0.257 e. The molecule has 1 N–H and O–H groups in total. The van der Waals surface area contributed by atoms with Crippen LogP contribution in [0.5, 0.6) is 0 Å². The lowest BCUT2D eigenvalue weighted by Crippen LogP contribution is -2.11. The van der Waals surface area contributed by atoms with Crippen molar-refractivity contribution in [3.63, 3.8) is 0 Å². The van der Waals surface area contributed by atoms with Crippen LogP contribution in [0.4, 0.5) is 5.13 Å². The van der Waals surface area contributed by atoms with E-state index in [1.165, 1.54) is 22.5 Å². The van der Waals surface area contributed by atoms with Crippen molar-refractivity contribution in [2.75, 3.05) is 5.32 Å². The molecule has 3 aromatic carbocycles. The fourth-order valence-corrected chi connectivity index (χ4v) is 4.55. The third-order valence-electron chi connectivity index (χ3n) is 5.44. The van der Waals surface area contributed by atoms with Crippen LogP contribution in [0.2, 0.25) is 0 Å². The third-order valence-corrected chi connectivity index (χ3v) is 6.35. The molecule has 5 rings (SSSR count). The van der Waals surface area contributed by atoms with E-state index in [0.717, 1.165) is 33.2 Å². The molecule has 5 aromatic rings. The van der Waals surface area contributed by atoms with Crippen LogP contribution in [-0.4, -0.2) is 10.9 Å². The van der Waals surface area contributed by atoms with E-state index in [1.54, 1.807) is 6.07 Å². The van der Waals surface area contributed by atoms with E-state index in [-0.39, 0.29) is 5.91 Å². The van der Waals surface area contributed by atoms with E-state index in [9.17, 15) is 4.79 Å². The Morgan fingerprint density at radius 2 is 1.77 bits per heavy atom. The normalized spacial score (nSPS) is 11.5. The maximum Gasteiger partial charge on any atom is 0.257 e. The Morgan fingerprint density at radius 3 is 2.58 bits per heavy atom. The minimum Gasteiger partial charge on any atom is -0.456 e. The maximum absolute atomic E-state index is 12.8. The first kappa shape index (κ1) is 19.5. The molecule has 0 aliphatic rings. The topological polar surface area (TPSA) is 55.1 Å². The number of aromatic nitrogens is 1. The van der Waals surface area contributed by atoms with Crippen LogP contribution in [0.15, 0.2) is 77.3 Å². The molecule has 0 unspecified atom stereocenters. The minimum absolute atomic E-state index is 0.172. The number of carbonyl (C=O) groups is 1. The lowest BCUT2D eigenvalue weighted by molar-refractivity contribution is 0.102. The lowest BCUT2D eigenvalue weighted by Gasteiger charge is -2.06. The summed E-state index contributed by atoms with van der Waals surface area (Å²) in [5.41, 5.74) is 4.76. The highest BCUT2D eigenvalue weighted by molar-refractivity contribution is 7.15. The predicted octanol–water partition coefficient (Wildman–Crippen LogP) is 7.01. The zero-order valence-corrected chi connectivity index (χ0v) is 18.2. The van der Waals surface area contributed by atoms with Gasteiger partial charge in [-0.1, -0.05) is 56.3 Å². The number of furan rings is 1. The van der Waals surface area contributed by atoms with Crippen LogP contribution in [-0.2, 0) is 6.42 Å². The summed E-state index contributed by atoms with van der Waals surface area (Å²) < 4.78 is 5.84. The fourth-order valence-electron chi connectivity index (χ4n) is 3.71. The molecule has 0 atom stereocenters. The van der Waals surface area contributed by atoms with Crippen molar-refractivity contribution in [1.82, 2.24) is 4.98 Å². The van der Waals surface area contributed by atoms with Gasteiger partial charge in [-0.2, -0.15) is 0 Å². The van der Waals surface area contributed by atoms with E-state index >= 15 is 0 Å². The molecular weight excluding hydrogens is 404 g/mol.